The average Bonchev–Trinajstić information content (AvgIpc) is 1.97. The highest BCUT2D eigenvalue weighted by molar-refractivity contribution is 5.84. The highest BCUT2D eigenvalue weighted by atomic mass is 16.4. The number of aliphatic hydroxyl groups is 2. The Morgan fingerprint density at radius 3 is 2.07 bits per heavy atom. The Hall–Kier alpha value is -1.14. The molecule has 0 spiro atoms. The Labute approximate surface area is 81.5 Å². The van der Waals surface area contributed by atoms with Gasteiger partial charge in [-0.2, -0.15) is 0 Å². The van der Waals surface area contributed by atoms with Gasteiger partial charge in [0.2, 0.25) is 5.91 Å². The summed E-state index contributed by atoms with van der Waals surface area (Å²) in [7, 11) is 0. The molecule has 0 heterocycles. The van der Waals surface area contributed by atoms with Crippen LogP contribution in [0.25, 0.3) is 0 Å². The standard InChI is InChI=1S/C8H15NO5/c1-4(10)3-6(12)9-7(5(2)11)8(13)14/h4-5,7,10-11H,3H2,1-2H3,(H,9,12)(H,13,14). The van der Waals surface area contributed by atoms with Gasteiger partial charge < -0.3 is 20.6 Å². The summed E-state index contributed by atoms with van der Waals surface area (Å²) < 4.78 is 0. The molecular formula is C8H15NO5. The molecule has 14 heavy (non-hydrogen) atoms. The first kappa shape index (κ1) is 12.9. The van der Waals surface area contributed by atoms with Gasteiger partial charge in [-0.05, 0) is 13.8 Å². The second-order valence-corrected chi connectivity index (χ2v) is 3.18. The molecule has 0 aliphatic rings. The van der Waals surface area contributed by atoms with E-state index >= 15 is 0 Å². The molecule has 0 aliphatic heterocycles. The molecule has 6 nitrogen and oxygen atoms in total. The Bertz CT molecular complexity index is 214. The van der Waals surface area contributed by atoms with Gasteiger partial charge in [-0.1, -0.05) is 0 Å². The summed E-state index contributed by atoms with van der Waals surface area (Å²) in [5.41, 5.74) is 0. The maximum absolute atomic E-state index is 11.0. The van der Waals surface area contributed by atoms with Gasteiger partial charge in [-0.3, -0.25) is 4.79 Å². The van der Waals surface area contributed by atoms with Crippen LogP contribution in [0, 0.1) is 0 Å². The van der Waals surface area contributed by atoms with E-state index in [9.17, 15) is 9.59 Å². The zero-order valence-electron chi connectivity index (χ0n) is 8.10. The molecule has 82 valence electrons. The number of aliphatic carboxylic acids is 1. The average molecular weight is 205 g/mol. The number of hydrogen-bond acceptors (Lipinski definition) is 4. The molecule has 0 rings (SSSR count). The maximum atomic E-state index is 11.0. The maximum Gasteiger partial charge on any atom is 0.328 e. The van der Waals surface area contributed by atoms with Crippen molar-refractivity contribution in [2.24, 2.45) is 0 Å². The van der Waals surface area contributed by atoms with E-state index in [2.05, 4.69) is 5.32 Å². The first-order valence-corrected chi connectivity index (χ1v) is 4.23. The lowest BCUT2D eigenvalue weighted by Crippen LogP contribution is -2.48. The largest absolute Gasteiger partial charge is 0.480 e. The van der Waals surface area contributed by atoms with E-state index in [0.717, 1.165) is 0 Å². The summed E-state index contributed by atoms with van der Waals surface area (Å²) in [5.74, 6) is -1.91. The Morgan fingerprint density at radius 2 is 1.79 bits per heavy atom. The number of carbonyl (C=O) groups is 2. The van der Waals surface area contributed by atoms with Crippen LogP contribution in [0.5, 0.6) is 0 Å². The fourth-order valence-corrected chi connectivity index (χ4v) is 0.889. The summed E-state index contributed by atoms with van der Waals surface area (Å²) in [4.78, 5) is 21.6. The van der Waals surface area contributed by atoms with Crippen LogP contribution in [0.15, 0.2) is 0 Å². The molecule has 0 bridgehead atoms. The van der Waals surface area contributed by atoms with Crippen LogP contribution in [0.3, 0.4) is 0 Å². The van der Waals surface area contributed by atoms with Gasteiger partial charge in [0, 0.05) is 0 Å². The second-order valence-electron chi connectivity index (χ2n) is 3.18. The predicted octanol–water partition coefficient (Wildman–Crippen LogP) is -1.29. The zero-order chi connectivity index (χ0) is 11.3. The third-order valence-corrected chi connectivity index (χ3v) is 1.55. The number of carbonyl (C=O) groups excluding carboxylic acids is 1. The Balaban J connectivity index is 4.17. The third kappa shape index (κ3) is 4.78. The van der Waals surface area contributed by atoms with Crippen LogP contribution in [0.1, 0.15) is 20.3 Å². The minimum atomic E-state index is -1.33. The molecular weight excluding hydrogens is 190 g/mol. The number of carboxylic acids is 1. The van der Waals surface area contributed by atoms with Crippen LogP contribution in [-0.2, 0) is 9.59 Å². The third-order valence-electron chi connectivity index (χ3n) is 1.55. The molecule has 0 aliphatic carbocycles. The van der Waals surface area contributed by atoms with Gasteiger partial charge in [-0.25, -0.2) is 4.79 Å². The minimum Gasteiger partial charge on any atom is -0.480 e. The van der Waals surface area contributed by atoms with E-state index in [-0.39, 0.29) is 6.42 Å². The lowest BCUT2D eigenvalue weighted by molar-refractivity contribution is -0.145. The highest BCUT2D eigenvalue weighted by Gasteiger charge is 2.24. The Morgan fingerprint density at radius 1 is 1.29 bits per heavy atom. The number of carboxylic acid groups (broad SMARTS) is 1. The van der Waals surface area contributed by atoms with Gasteiger partial charge in [0.1, 0.15) is 0 Å². The van der Waals surface area contributed by atoms with Crippen LogP contribution in [0.4, 0.5) is 0 Å². The minimum absolute atomic E-state index is 0.184. The summed E-state index contributed by atoms with van der Waals surface area (Å²) in [6.07, 6.45) is -2.19. The number of aliphatic hydroxyl groups excluding tert-OH is 2. The lowest BCUT2D eigenvalue weighted by atomic mass is 10.1. The fourth-order valence-electron chi connectivity index (χ4n) is 0.889. The summed E-state index contributed by atoms with van der Waals surface area (Å²) in [5, 5.41) is 28.5. The monoisotopic (exact) mass is 205 g/mol. The van der Waals surface area contributed by atoms with Gasteiger partial charge in [-0.15, -0.1) is 0 Å². The molecule has 3 unspecified atom stereocenters. The first-order chi connectivity index (χ1) is 6.34. The SMILES string of the molecule is CC(O)CC(=O)NC(C(=O)O)C(C)O. The van der Waals surface area contributed by atoms with Crippen molar-refractivity contribution in [3.8, 4) is 0 Å². The van der Waals surface area contributed by atoms with E-state index in [0.29, 0.717) is 0 Å². The van der Waals surface area contributed by atoms with Crippen LogP contribution in [-0.4, -0.2) is 45.4 Å². The normalized spacial score (nSPS) is 16.9. The summed E-state index contributed by atoms with van der Waals surface area (Å²) >= 11 is 0. The molecule has 0 radical (unpaired) electrons. The topological polar surface area (TPSA) is 107 Å². The quantitative estimate of drug-likeness (QED) is 0.446. The number of nitrogens with one attached hydrogen (secondary N) is 1. The van der Waals surface area contributed by atoms with Crippen molar-refractivity contribution >= 4 is 11.9 Å². The number of amides is 1. The zero-order valence-corrected chi connectivity index (χ0v) is 8.10. The smallest absolute Gasteiger partial charge is 0.328 e. The number of hydrogen-bond donors (Lipinski definition) is 4. The van der Waals surface area contributed by atoms with E-state index in [1.54, 1.807) is 0 Å². The molecule has 4 N–H and O–H groups in total. The van der Waals surface area contributed by atoms with E-state index in [4.69, 9.17) is 15.3 Å². The van der Waals surface area contributed by atoms with Gasteiger partial charge >= 0.3 is 5.97 Å². The fraction of sp³-hybridized carbons (Fsp3) is 0.750. The van der Waals surface area contributed by atoms with E-state index in [1.165, 1.54) is 13.8 Å². The molecule has 0 aromatic carbocycles. The molecule has 6 heteroatoms. The highest BCUT2D eigenvalue weighted by Crippen LogP contribution is 1.96. The van der Waals surface area contributed by atoms with Crippen molar-refractivity contribution in [3.63, 3.8) is 0 Å². The van der Waals surface area contributed by atoms with Crippen LogP contribution in [0.2, 0.25) is 0 Å². The van der Waals surface area contributed by atoms with E-state index in [1.807, 2.05) is 0 Å². The molecule has 0 aromatic heterocycles. The van der Waals surface area contributed by atoms with Crippen molar-refractivity contribution in [2.45, 2.75) is 38.5 Å². The van der Waals surface area contributed by atoms with Crippen LogP contribution < -0.4 is 5.32 Å². The Kier molecular flexibility index (Phi) is 5.11. The second kappa shape index (κ2) is 5.56. The van der Waals surface area contributed by atoms with Crippen molar-refractivity contribution in [1.29, 1.82) is 0 Å². The molecule has 0 fully saturated rings. The summed E-state index contributed by atoms with van der Waals surface area (Å²) in [6.45, 7) is 2.68. The molecule has 1 amide bonds. The summed E-state index contributed by atoms with van der Waals surface area (Å²) in [6, 6.07) is -1.33. The number of rotatable bonds is 5. The molecule has 0 saturated carbocycles. The van der Waals surface area contributed by atoms with Gasteiger partial charge in [0.25, 0.3) is 0 Å². The van der Waals surface area contributed by atoms with Gasteiger partial charge in [0.15, 0.2) is 6.04 Å². The van der Waals surface area contributed by atoms with Crippen molar-refractivity contribution in [2.75, 3.05) is 0 Å². The van der Waals surface area contributed by atoms with Crippen LogP contribution >= 0.6 is 0 Å². The molecule has 3 atom stereocenters. The molecule has 0 aromatic rings. The van der Waals surface area contributed by atoms with Crippen molar-refractivity contribution < 1.29 is 24.9 Å². The lowest BCUT2D eigenvalue weighted by Gasteiger charge is -2.17. The van der Waals surface area contributed by atoms with Crippen molar-refractivity contribution in [3.05, 3.63) is 0 Å². The molecule has 0 saturated heterocycles. The van der Waals surface area contributed by atoms with E-state index < -0.39 is 30.1 Å². The van der Waals surface area contributed by atoms with Crippen molar-refractivity contribution in [1.82, 2.24) is 5.32 Å². The van der Waals surface area contributed by atoms with Gasteiger partial charge in [0.05, 0.1) is 18.6 Å². The predicted molar refractivity (Wildman–Crippen MR) is 47.5 cm³/mol. The first-order valence-electron chi connectivity index (χ1n) is 4.23.